The van der Waals surface area contributed by atoms with Crippen LogP contribution in [0.2, 0.25) is 0 Å². The normalized spacial score (nSPS) is 11.5. The molecule has 0 fully saturated rings. The highest BCUT2D eigenvalue weighted by molar-refractivity contribution is 6.18. The fourth-order valence-corrected chi connectivity index (χ4v) is 3.02. The van der Waals surface area contributed by atoms with Gasteiger partial charge in [-0.15, -0.1) is 11.6 Å². The molecule has 0 spiro atoms. The molecule has 3 rings (SSSR count). The summed E-state index contributed by atoms with van der Waals surface area (Å²) in [6, 6.07) is 8.28. The minimum atomic E-state index is 0.600. The van der Waals surface area contributed by atoms with Gasteiger partial charge in [-0.25, -0.2) is 4.98 Å². The molecule has 2 aromatic heterocycles. The first-order valence-corrected chi connectivity index (χ1v) is 8.17. The Morgan fingerprint density at radius 1 is 1.14 bits per heavy atom. The third-order valence-corrected chi connectivity index (χ3v) is 4.05. The number of hydrogen-bond acceptors (Lipinski definition) is 2. The quantitative estimate of drug-likeness (QED) is 0.494. The van der Waals surface area contributed by atoms with E-state index in [9.17, 15) is 0 Å². The largest absolute Gasteiger partial charge is 0.327 e. The molecule has 3 nitrogen and oxygen atoms in total. The number of unbranched alkanes of at least 4 members (excludes halogenated alkanes) is 2. The van der Waals surface area contributed by atoms with Crippen molar-refractivity contribution in [3.63, 3.8) is 0 Å². The van der Waals surface area contributed by atoms with Crippen molar-refractivity contribution >= 4 is 33.5 Å². The van der Waals surface area contributed by atoms with E-state index in [0.717, 1.165) is 29.8 Å². The number of halogens is 1. The molecule has 0 N–H and O–H groups in total. The van der Waals surface area contributed by atoms with E-state index in [4.69, 9.17) is 16.6 Å². The number of aromatic nitrogens is 3. The van der Waals surface area contributed by atoms with Crippen molar-refractivity contribution in [3.05, 3.63) is 36.3 Å². The Balaban J connectivity index is 2.17. The third kappa shape index (κ3) is 2.75. The van der Waals surface area contributed by atoms with Crippen molar-refractivity contribution in [1.82, 2.24) is 14.5 Å². The van der Waals surface area contributed by atoms with Crippen LogP contribution in [0.5, 0.6) is 0 Å². The summed E-state index contributed by atoms with van der Waals surface area (Å²) in [6.45, 7) is 3.23. The van der Waals surface area contributed by atoms with E-state index in [2.05, 4.69) is 34.7 Å². The maximum Gasteiger partial charge on any atom is 0.111 e. The molecule has 0 aliphatic heterocycles. The number of nitrogens with zero attached hydrogens (tertiary/aromatic N) is 3. The Kier molecular flexibility index (Phi) is 4.39. The third-order valence-electron chi connectivity index (χ3n) is 3.86. The van der Waals surface area contributed by atoms with Crippen LogP contribution in [0.4, 0.5) is 0 Å². The Labute approximate surface area is 130 Å². The average molecular weight is 302 g/mol. The first-order valence-electron chi connectivity index (χ1n) is 7.64. The highest BCUT2D eigenvalue weighted by Gasteiger charge is 2.13. The summed E-state index contributed by atoms with van der Waals surface area (Å²) in [6.07, 6.45) is 6.32. The molecule has 0 saturated carbocycles. The van der Waals surface area contributed by atoms with Gasteiger partial charge in [-0.3, -0.25) is 4.98 Å². The van der Waals surface area contributed by atoms with E-state index < -0.39 is 0 Å². The number of alkyl halides is 1. The number of aryl methyl sites for hydroxylation is 2. The lowest BCUT2D eigenvalue weighted by Crippen LogP contribution is -2.05. The molecule has 0 saturated heterocycles. The molecule has 0 aliphatic rings. The van der Waals surface area contributed by atoms with Crippen molar-refractivity contribution in [2.24, 2.45) is 0 Å². The van der Waals surface area contributed by atoms with Crippen LogP contribution in [-0.2, 0) is 13.0 Å². The maximum absolute atomic E-state index is 5.95. The van der Waals surface area contributed by atoms with E-state index in [1.165, 1.54) is 30.2 Å². The minimum Gasteiger partial charge on any atom is -0.327 e. The van der Waals surface area contributed by atoms with Crippen LogP contribution in [0.3, 0.4) is 0 Å². The summed E-state index contributed by atoms with van der Waals surface area (Å²) in [5.74, 6) is 1.68. The van der Waals surface area contributed by atoms with E-state index in [-0.39, 0.29) is 0 Å². The number of rotatable bonds is 6. The SMILES string of the molecule is CCCCCn1c(CCCl)nc2cnc3ccccc3c21. The predicted octanol–water partition coefficient (Wildman–Crippen LogP) is 4.56. The number of imidazole rings is 1. The lowest BCUT2D eigenvalue weighted by atomic mass is 10.2. The summed E-state index contributed by atoms with van der Waals surface area (Å²) >= 11 is 5.95. The van der Waals surface area contributed by atoms with Gasteiger partial charge in [0, 0.05) is 24.2 Å². The zero-order chi connectivity index (χ0) is 14.7. The molecular weight excluding hydrogens is 282 g/mol. The second kappa shape index (κ2) is 6.44. The van der Waals surface area contributed by atoms with E-state index >= 15 is 0 Å². The van der Waals surface area contributed by atoms with Gasteiger partial charge < -0.3 is 4.57 Å². The summed E-state index contributed by atoms with van der Waals surface area (Å²) in [4.78, 5) is 9.26. The first kappa shape index (κ1) is 14.3. The second-order valence-electron chi connectivity index (χ2n) is 5.33. The van der Waals surface area contributed by atoms with Crippen molar-refractivity contribution in [2.45, 2.75) is 39.2 Å². The van der Waals surface area contributed by atoms with Crippen LogP contribution < -0.4 is 0 Å². The molecule has 1 aromatic carbocycles. The first-order chi connectivity index (χ1) is 10.3. The van der Waals surface area contributed by atoms with Crippen LogP contribution in [0, 0.1) is 0 Å². The van der Waals surface area contributed by atoms with Gasteiger partial charge in [-0.1, -0.05) is 38.0 Å². The second-order valence-corrected chi connectivity index (χ2v) is 5.71. The Bertz CT molecular complexity index is 748. The Hall–Kier alpha value is -1.61. The molecule has 3 aromatic rings. The summed E-state index contributed by atoms with van der Waals surface area (Å²) in [5.41, 5.74) is 3.21. The zero-order valence-corrected chi connectivity index (χ0v) is 13.1. The van der Waals surface area contributed by atoms with Crippen LogP contribution in [-0.4, -0.2) is 20.4 Å². The minimum absolute atomic E-state index is 0.600. The van der Waals surface area contributed by atoms with Gasteiger partial charge in [0.1, 0.15) is 11.3 Å². The number of pyridine rings is 1. The van der Waals surface area contributed by atoms with Gasteiger partial charge in [0.15, 0.2) is 0 Å². The van der Waals surface area contributed by atoms with Crippen molar-refractivity contribution in [3.8, 4) is 0 Å². The average Bonchev–Trinajstić information content (AvgIpc) is 2.86. The van der Waals surface area contributed by atoms with Gasteiger partial charge in [-0.05, 0) is 12.5 Å². The lowest BCUT2D eigenvalue weighted by molar-refractivity contribution is 0.595. The van der Waals surface area contributed by atoms with Gasteiger partial charge in [-0.2, -0.15) is 0 Å². The Morgan fingerprint density at radius 3 is 2.81 bits per heavy atom. The molecule has 0 amide bonds. The van der Waals surface area contributed by atoms with Gasteiger partial charge in [0.05, 0.1) is 17.2 Å². The molecule has 4 heteroatoms. The van der Waals surface area contributed by atoms with Crippen LogP contribution >= 0.6 is 11.6 Å². The highest BCUT2D eigenvalue weighted by Crippen LogP contribution is 2.25. The molecule has 0 aliphatic carbocycles. The van der Waals surface area contributed by atoms with E-state index in [1.54, 1.807) is 0 Å². The molecule has 0 atom stereocenters. The van der Waals surface area contributed by atoms with Crippen molar-refractivity contribution in [1.29, 1.82) is 0 Å². The summed E-state index contributed by atoms with van der Waals surface area (Å²) < 4.78 is 2.34. The number of benzene rings is 1. The number of hydrogen-bond donors (Lipinski definition) is 0. The molecule has 21 heavy (non-hydrogen) atoms. The summed E-state index contributed by atoms with van der Waals surface area (Å²) in [7, 11) is 0. The summed E-state index contributed by atoms with van der Waals surface area (Å²) in [5, 5.41) is 1.18. The number of para-hydroxylation sites is 1. The van der Waals surface area contributed by atoms with E-state index in [1.807, 2.05) is 12.3 Å². The molecule has 0 unspecified atom stereocenters. The van der Waals surface area contributed by atoms with Crippen LogP contribution in [0.15, 0.2) is 30.5 Å². The topological polar surface area (TPSA) is 30.7 Å². The van der Waals surface area contributed by atoms with E-state index in [0.29, 0.717) is 5.88 Å². The fraction of sp³-hybridized carbons (Fsp3) is 0.412. The fourth-order valence-electron chi connectivity index (χ4n) is 2.85. The zero-order valence-electron chi connectivity index (χ0n) is 12.3. The lowest BCUT2D eigenvalue weighted by Gasteiger charge is -2.09. The van der Waals surface area contributed by atoms with Crippen molar-refractivity contribution in [2.75, 3.05) is 5.88 Å². The van der Waals surface area contributed by atoms with Crippen LogP contribution in [0.1, 0.15) is 32.0 Å². The molecule has 110 valence electrons. The van der Waals surface area contributed by atoms with Gasteiger partial charge in [0.2, 0.25) is 0 Å². The molecule has 2 heterocycles. The smallest absolute Gasteiger partial charge is 0.111 e. The molecule has 0 bridgehead atoms. The predicted molar refractivity (Wildman–Crippen MR) is 89.0 cm³/mol. The van der Waals surface area contributed by atoms with Gasteiger partial charge >= 0.3 is 0 Å². The maximum atomic E-state index is 5.95. The number of fused-ring (bicyclic) bond motifs is 3. The van der Waals surface area contributed by atoms with Crippen molar-refractivity contribution < 1.29 is 0 Å². The van der Waals surface area contributed by atoms with Gasteiger partial charge in [0.25, 0.3) is 0 Å². The molecule has 0 radical (unpaired) electrons. The monoisotopic (exact) mass is 301 g/mol. The Morgan fingerprint density at radius 2 is 2.00 bits per heavy atom. The van der Waals surface area contributed by atoms with Crippen LogP contribution in [0.25, 0.3) is 21.9 Å². The standard InChI is InChI=1S/C17H20ClN3/c1-2-3-6-11-21-16(9-10-18)20-15-12-19-14-8-5-4-7-13(14)17(15)21/h4-5,7-8,12H,2-3,6,9-11H2,1H3. The molecular formula is C17H20ClN3. The highest BCUT2D eigenvalue weighted by atomic mass is 35.5.